The van der Waals surface area contributed by atoms with Gasteiger partial charge in [-0.15, -0.1) is 0 Å². The lowest BCUT2D eigenvalue weighted by Gasteiger charge is -2.39. The molecule has 4 heteroatoms. The van der Waals surface area contributed by atoms with Crippen molar-refractivity contribution in [2.24, 2.45) is 0 Å². The first kappa shape index (κ1) is 13.4. The van der Waals surface area contributed by atoms with Gasteiger partial charge in [0.1, 0.15) is 6.54 Å². The van der Waals surface area contributed by atoms with Crippen LogP contribution >= 0.6 is 11.6 Å². The minimum atomic E-state index is -1.17. The molecule has 19 heavy (non-hydrogen) atoms. The molecule has 0 bridgehead atoms. The summed E-state index contributed by atoms with van der Waals surface area (Å²) in [5.74, 6) is -1.17. The fourth-order valence-corrected chi connectivity index (χ4v) is 3.65. The molecule has 1 aromatic rings. The third-order valence-electron chi connectivity index (χ3n) is 4.67. The van der Waals surface area contributed by atoms with Crippen LogP contribution in [0.15, 0.2) is 24.3 Å². The van der Waals surface area contributed by atoms with Crippen molar-refractivity contribution >= 4 is 11.6 Å². The van der Waals surface area contributed by atoms with Crippen LogP contribution in [0.3, 0.4) is 0 Å². The van der Waals surface area contributed by atoms with Crippen molar-refractivity contribution in [2.45, 2.75) is 38.2 Å². The zero-order valence-electron chi connectivity index (χ0n) is 11.3. The van der Waals surface area contributed by atoms with E-state index in [-0.39, 0.29) is 6.23 Å². The van der Waals surface area contributed by atoms with Gasteiger partial charge in [0.2, 0.25) is 5.79 Å². The Morgan fingerprint density at radius 3 is 2.47 bits per heavy atom. The molecule has 0 aromatic heterocycles. The van der Waals surface area contributed by atoms with E-state index in [0.29, 0.717) is 11.6 Å². The Morgan fingerprint density at radius 1 is 1.21 bits per heavy atom. The highest BCUT2D eigenvalue weighted by atomic mass is 35.5. The standard InChI is InChI=1S/C15H21ClNO2/c1-12-17(9-3-2-4-10-17)11-15(18,19-12)13-5-7-14(16)8-6-13/h5-8,12,18H,2-4,9-11H2,1H3/q+1/t12-,15+/m0/s1. The van der Waals surface area contributed by atoms with Crippen molar-refractivity contribution in [3.8, 4) is 0 Å². The highest BCUT2D eigenvalue weighted by Crippen LogP contribution is 2.40. The van der Waals surface area contributed by atoms with E-state index in [1.807, 2.05) is 24.3 Å². The molecule has 1 aromatic carbocycles. The third-order valence-corrected chi connectivity index (χ3v) is 4.92. The molecule has 3 nitrogen and oxygen atoms in total. The molecule has 1 spiro atoms. The fourth-order valence-electron chi connectivity index (χ4n) is 3.52. The van der Waals surface area contributed by atoms with Gasteiger partial charge in [0.15, 0.2) is 6.23 Å². The number of hydrogen-bond acceptors (Lipinski definition) is 2. The van der Waals surface area contributed by atoms with Gasteiger partial charge in [-0.05, 0) is 31.4 Å². The first-order valence-electron chi connectivity index (χ1n) is 7.06. The van der Waals surface area contributed by atoms with E-state index in [0.717, 1.165) is 23.1 Å². The molecule has 3 rings (SSSR count). The van der Waals surface area contributed by atoms with Gasteiger partial charge in [-0.2, -0.15) is 0 Å². The van der Waals surface area contributed by atoms with Crippen LogP contribution in [0.4, 0.5) is 0 Å². The van der Waals surface area contributed by atoms with E-state index >= 15 is 0 Å². The Kier molecular flexibility index (Phi) is 3.34. The molecule has 2 fully saturated rings. The lowest BCUT2D eigenvalue weighted by Crippen LogP contribution is -2.54. The van der Waals surface area contributed by atoms with E-state index in [1.165, 1.54) is 19.3 Å². The number of nitrogens with zero attached hydrogens (tertiary/aromatic N) is 1. The lowest BCUT2D eigenvalue weighted by molar-refractivity contribution is -0.953. The molecule has 0 saturated carbocycles. The molecule has 2 heterocycles. The summed E-state index contributed by atoms with van der Waals surface area (Å²) in [5.41, 5.74) is 0.810. The minimum Gasteiger partial charge on any atom is -0.357 e. The first-order chi connectivity index (χ1) is 9.04. The molecule has 2 aliphatic heterocycles. The number of hydrogen-bond donors (Lipinski definition) is 1. The summed E-state index contributed by atoms with van der Waals surface area (Å²) in [6.45, 7) is 4.95. The van der Waals surface area contributed by atoms with Crippen molar-refractivity contribution < 1.29 is 14.3 Å². The predicted molar refractivity (Wildman–Crippen MR) is 74.6 cm³/mol. The Hall–Kier alpha value is -0.610. The molecule has 2 atom stereocenters. The molecular weight excluding hydrogens is 262 g/mol. The van der Waals surface area contributed by atoms with Crippen LogP contribution in [0, 0.1) is 0 Å². The topological polar surface area (TPSA) is 29.5 Å². The van der Waals surface area contributed by atoms with Gasteiger partial charge >= 0.3 is 0 Å². The highest BCUT2D eigenvalue weighted by Gasteiger charge is 2.54. The number of halogens is 1. The number of piperidine rings is 1. The summed E-state index contributed by atoms with van der Waals surface area (Å²) < 4.78 is 6.84. The summed E-state index contributed by atoms with van der Waals surface area (Å²) in [6.07, 6.45) is 3.81. The average Bonchev–Trinajstić information content (AvgIpc) is 2.63. The Labute approximate surface area is 119 Å². The highest BCUT2D eigenvalue weighted by molar-refractivity contribution is 6.30. The van der Waals surface area contributed by atoms with Crippen molar-refractivity contribution in [1.82, 2.24) is 0 Å². The number of quaternary nitrogens is 1. The SMILES string of the molecule is C[C@@H]1O[C@@](O)(c2ccc(Cl)cc2)C[N+]12CCCCC2. The summed E-state index contributed by atoms with van der Waals surface area (Å²) in [7, 11) is 0. The zero-order valence-corrected chi connectivity index (χ0v) is 12.1. The van der Waals surface area contributed by atoms with Crippen LogP contribution in [0.5, 0.6) is 0 Å². The fraction of sp³-hybridized carbons (Fsp3) is 0.600. The van der Waals surface area contributed by atoms with Crippen LogP contribution in [-0.4, -0.2) is 35.5 Å². The Balaban J connectivity index is 1.88. The number of benzene rings is 1. The van der Waals surface area contributed by atoms with Gasteiger partial charge in [-0.3, -0.25) is 9.22 Å². The van der Waals surface area contributed by atoms with E-state index in [2.05, 4.69) is 6.92 Å². The van der Waals surface area contributed by atoms with Gasteiger partial charge in [-0.25, -0.2) is 0 Å². The van der Waals surface area contributed by atoms with Gasteiger partial charge in [0.25, 0.3) is 0 Å². The van der Waals surface area contributed by atoms with Crippen molar-refractivity contribution in [3.05, 3.63) is 34.9 Å². The molecule has 1 N–H and O–H groups in total. The lowest BCUT2D eigenvalue weighted by atomic mass is 10.0. The molecule has 104 valence electrons. The van der Waals surface area contributed by atoms with Crippen LogP contribution < -0.4 is 0 Å². The predicted octanol–water partition coefficient (Wildman–Crippen LogP) is 2.86. The van der Waals surface area contributed by atoms with Crippen molar-refractivity contribution in [3.63, 3.8) is 0 Å². The summed E-state index contributed by atoms with van der Waals surface area (Å²) in [6, 6.07) is 7.34. The maximum atomic E-state index is 10.9. The smallest absolute Gasteiger partial charge is 0.248 e. The zero-order chi connectivity index (χ0) is 13.5. The number of ether oxygens (including phenoxy) is 1. The quantitative estimate of drug-likeness (QED) is 0.803. The van der Waals surface area contributed by atoms with E-state index < -0.39 is 5.79 Å². The van der Waals surface area contributed by atoms with E-state index in [1.54, 1.807) is 0 Å². The second-order valence-corrected chi connectivity index (χ2v) is 6.33. The Bertz CT molecular complexity index is 456. The molecule has 0 aliphatic carbocycles. The second-order valence-electron chi connectivity index (χ2n) is 5.89. The molecule has 0 amide bonds. The maximum absolute atomic E-state index is 10.9. The van der Waals surface area contributed by atoms with Gasteiger partial charge in [0, 0.05) is 17.5 Å². The normalized spacial score (nSPS) is 33.7. The van der Waals surface area contributed by atoms with Crippen LogP contribution in [0.25, 0.3) is 0 Å². The van der Waals surface area contributed by atoms with Crippen LogP contribution in [-0.2, 0) is 10.5 Å². The summed E-state index contributed by atoms with van der Waals surface area (Å²) in [5, 5.41) is 11.5. The monoisotopic (exact) mass is 282 g/mol. The summed E-state index contributed by atoms with van der Waals surface area (Å²) >= 11 is 5.91. The van der Waals surface area contributed by atoms with Crippen molar-refractivity contribution in [2.75, 3.05) is 19.6 Å². The van der Waals surface area contributed by atoms with Crippen LogP contribution in [0.2, 0.25) is 5.02 Å². The summed E-state index contributed by atoms with van der Waals surface area (Å²) in [4.78, 5) is 0. The van der Waals surface area contributed by atoms with E-state index in [9.17, 15) is 5.11 Å². The largest absolute Gasteiger partial charge is 0.357 e. The van der Waals surface area contributed by atoms with Crippen LogP contribution in [0.1, 0.15) is 31.7 Å². The molecule has 2 aliphatic rings. The number of aliphatic hydroxyl groups is 1. The Morgan fingerprint density at radius 2 is 1.84 bits per heavy atom. The minimum absolute atomic E-state index is 0.0565. The second kappa shape index (κ2) is 4.74. The molecular formula is C15H21ClNO2+. The van der Waals surface area contributed by atoms with Gasteiger partial charge in [0.05, 0.1) is 13.1 Å². The third kappa shape index (κ3) is 2.29. The number of rotatable bonds is 1. The van der Waals surface area contributed by atoms with E-state index in [4.69, 9.17) is 16.3 Å². The average molecular weight is 283 g/mol. The molecule has 0 unspecified atom stereocenters. The molecule has 0 radical (unpaired) electrons. The molecule has 2 saturated heterocycles. The van der Waals surface area contributed by atoms with Crippen molar-refractivity contribution in [1.29, 1.82) is 0 Å². The van der Waals surface area contributed by atoms with Gasteiger partial charge < -0.3 is 5.11 Å². The van der Waals surface area contributed by atoms with Gasteiger partial charge in [-0.1, -0.05) is 23.7 Å². The first-order valence-corrected chi connectivity index (χ1v) is 7.44. The maximum Gasteiger partial charge on any atom is 0.248 e.